The van der Waals surface area contributed by atoms with E-state index in [0.717, 1.165) is 16.7 Å². The van der Waals surface area contributed by atoms with Gasteiger partial charge in [-0.2, -0.15) is 0 Å². The van der Waals surface area contributed by atoms with Crippen LogP contribution in [0.5, 0.6) is 0 Å². The van der Waals surface area contributed by atoms with Gasteiger partial charge in [0.1, 0.15) is 13.2 Å². The van der Waals surface area contributed by atoms with Gasteiger partial charge in [-0.1, -0.05) is 55.6 Å². The first-order valence-electron chi connectivity index (χ1n) is 7.22. The van der Waals surface area contributed by atoms with E-state index in [2.05, 4.69) is 18.5 Å². The molecule has 0 spiro atoms. The van der Waals surface area contributed by atoms with Gasteiger partial charge in [-0.25, -0.2) is 4.79 Å². The van der Waals surface area contributed by atoms with E-state index in [4.69, 9.17) is 9.47 Å². The molecule has 0 aliphatic carbocycles. The Hall–Kier alpha value is -3.01. The van der Waals surface area contributed by atoms with Crippen LogP contribution < -0.4 is 5.32 Å². The lowest BCUT2D eigenvalue weighted by Gasteiger charge is -2.08. The number of amides is 1. The maximum atomic E-state index is 11.6. The first-order valence-corrected chi connectivity index (χ1v) is 7.22. The van der Waals surface area contributed by atoms with E-state index in [1.807, 2.05) is 54.6 Å². The smallest absolute Gasteiger partial charge is 0.411 e. The molecule has 0 unspecified atom stereocenters. The zero-order chi connectivity index (χ0) is 16.5. The summed E-state index contributed by atoms with van der Waals surface area (Å²) in [6.07, 6.45) is 2.60. The number of ether oxygens (including phenoxy) is 2. The number of rotatable bonds is 7. The Labute approximate surface area is 136 Å². The molecule has 0 bridgehead atoms. The number of carbonyl (C=O) groups is 1. The molecule has 4 nitrogen and oxygen atoms in total. The van der Waals surface area contributed by atoms with Crippen LogP contribution in [0.2, 0.25) is 0 Å². The molecule has 0 aliphatic rings. The molecule has 2 rings (SSSR count). The Kier molecular flexibility index (Phi) is 6.00. The van der Waals surface area contributed by atoms with Gasteiger partial charge in [0.05, 0.1) is 6.26 Å². The minimum absolute atomic E-state index is 0.172. The normalized spacial score (nSPS) is 9.74. The monoisotopic (exact) mass is 309 g/mol. The van der Waals surface area contributed by atoms with Crippen molar-refractivity contribution in [2.75, 3.05) is 18.5 Å². The molecule has 0 saturated heterocycles. The topological polar surface area (TPSA) is 47.6 Å². The Balaban J connectivity index is 1.92. The highest BCUT2D eigenvalue weighted by Crippen LogP contribution is 2.22. The average Bonchev–Trinajstić information content (AvgIpc) is 2.59. The molecule has 2 aromatic rings. The van der Waals surface area contributed by atoms with Crippen molar-refractivity contribution in [1.29, 1.82) is 0 Å². The quantitative estimate of drug-likeness (QED) is 0.595. The maximum absolute atomic E-state index is 11.6. The van der Waals surface area contributed by atoms with Gasteiger partial charge in [0.25, 0.3) is 0 Å². The van der Waals surface area contributed by atoms with E-state index in [1.165, 1.54) is 6.26 Å². The SMILES string of the molecule is C=COCCOC(=O)Nc1ccc(-c2ccc(C=C)cc2)cc1. The summed E-state index contributed by atoms with van der Waals surface area (Å²) in [5.74, 6) is 0. The number of benzene rings is 2. The fourth-order valence-corrected chi connectivity index (χ4v) is 1.98. The van der Waals surface area contributed by atoms with Crippen LogP contribution in [-0.2, 0) is 9.47 Å². The summed E-state index contributed by atoms with van der Waals surface area (Å²) in [5, 5.41) is 2.66. The molecule has 0 atom stereocenters. The molecule has 23 heavy (non-hydrogen) atoms. The summed E-state index contributed by atoms with van der Waals surface area (Å²) in [5.41, 5.74) is 3.92. The van der Waals surface area contributed by atoms with E-state index in [0.29, 0.717) is 5.69 Å². The Morgan fingerprint density at radius 3 is 2.13 bits per heavy atom. The standard InChI is InChI=1S/C19H19NO3/c1-3-15-5-7-16(8-6-15)17-9-11-18(12-10-17)20-19(21)23-14-13-22-4-2/h3-12H,1-2,13-14H2,(H,20,21). The van der Waals surface area contributed by atoms with E-state index >= 15 is 0 Å². The van der Waals surface area contributed by atoms with Gasteiger partial charge in [0.2, 0.25) is 0 Å². The second-order valence-corrected chi connectivity index (χ2v) is 4.70. The molecule has 1 N–H and O–H groups in total. The third-order valence-electron chi connectivity index (χ3n) is 3.16. The summed E-state index contributed by atoms with van der Waals surface area (Å²) >= 11 is 0. The zero-order valence-electron chi connectivity index (χ0n) is 12.8. The van der Waals surface area contributed by atoms with Gasteiger partial charge >= 0.3 is 6.09 Å². The molecule has 1 amide bonds. The second kappa shape index (κ2) is 8.44. The summed E-state index contributed by atoms with van der Waals surface area (Å²) in [7, 11) is 0. The lowest BCUT2D eigenvalue weighted by molar-refractivity contribution is 0.123. The fourth-order valence-electron chi connectivity index (χ4n) is 1.98. The Morgan fingerprint density at radius 2 is 1.57 bits per heavy atom. The predicted octanol–water partition coefficient (Wildman–Crippen LogP) is 4.71. The van der Waals surface area contributed by atoms with E-state index in [9.17, 15) is 4.79 Å². The molecular weight excluding hydrogens is 290 g/mol. The summed E-state index contributed by atoms with van der Waals surface area (Å²) < 4.78 is 9.82. The number of hydrogen-bond donors (Lipinski definition) is 1. The lowest BCUT2D eigenvalue weighted by Crippen LogP contribution is -2.16. The Morgan fingerprint density at radius 1 is 0.957 bits per heavy atom. The Bertz CT molecular complexity index is 660. The van der Waals surface area contributed by atoms with Crippen LogP contribution in [0.4, 0.5) is 10.5 Å². The fraction of sp³-hybridized carbons (Fsp3) is 0.105. The van der Waals surface area contributed by atoms with Crippen molar-refractivity contribution >= 4 is 17.9 Å². The molecule has 4 heteroatoms. The van der Waals surface area contributed by atoms with Gasteiger partial charge in [0.15, 0.2) is 0 Å². The molecule has 0 fully saturated rings. The van der Waals surface area contributed by atoms with Crippen LogP contribution in [0, 0.1) is 0 Å². The second-order valence-electron chi connectivity index (χ2n) is 4.70. The van der Waals surface area contributed by atoms with Crippen molar-refractivity contribution in [2.45, 2.75) is 0 Å². The van der Waals surface area contributed by atoms with Crippen molar-refractivity contribution in [3.05, 3.63) is 73.5 Å². The maximum Gasteiger partial charge on any atom is 0.411 e. The summed E-state index contributed by atoms with van der Waals surface area (Å²) in [4.78, 5) is 11.6. The molecule has 0 radical (unpaired) electrons. The molecule has 0 saturated carbocycles. The van der Waals surface area contributed by atoms with Crippen LogP contribution in [-0.4, -0.2) is 19.3 Å². The van der Waals surface area contributed by atoms with E-state index in [-0.39, 0.29) is 13.2 Å². The number of anilines is 1. The molecule has 0 aromatic heterocycles. The van der Waals surface area contributed by atoms with Crippen molar-refractivity contribution in [1.82, 2.24) is 0 Å². The van der Waals surface area contributed by atoms with E-state index < -0.39 is 6.09 Å². The third-order valence-corrected chi connectivity index (χ3v) is 3.16. The van der Waals surface area contributed by atoms with Crippen molar-refractivity contribution in [3.63, 3.8) is 0 Å². The zero-order valence-corrected chi connectivity index (χ0v) is 12.8. The average molecular weight is 309 g/mol. The van der Waals surface area contributed by atoms with Gasteiger partial charge in [-0.05, 0) is 28.8 Å². The molecule has 0 aliphatic heterocycles. The minimum atomic E-state index is -0.513. The highest BCUT2D eigenvalue weighted by atomic mass is 16.6. The highest BCUT2D eigenvalue weighted by molar-refractivity contribution is 5.85. The molecule has 0 heterocycles. The van der Waals surface area contributed by atoms with Crippen LogP contribution in [0.25, 0.3) is 17.2 Å². The lowest BCUT2D eigenvalue weighted by atomic mass is 10.0. The van der Waals surface area contributed by atoms with Gasteiger partial charge in [-0.3, -0.25) is 5.32 Å². The predicted molar refractivity (Wildman–Crippen MR) is 93.1 cm³/mol. The van der Waals surface area contributed by atoms with Crippen molar-refractivity contribution in [2.24, 2.45) is 0 Å². The van der Waals surface area contributed by atoms with Gasteiger partial charge < -0.3 is 9.47 Å². The first kappa shape index (κ1) is 16.4. The van der Waals surface area contributed by atoms with Crippen LogP contribution in [0.15, 0.2) is 68.0 Å². The highest BCUT2D eigenvalue weighted by Gasteiger charge is 2.03. The van der Waals surface area contributed by atoms with Gasteiger partial charge in [0, 0.05) is 5.69 Å². The minimum Gasteiger partial charge on any atom is -0.498 e. The molecule has 2 aromatic carbocycles. The van der Waals surface area contributed by atoms with Crippen LogP contribution in [0.1, 0.15) is 5.56 Å². The largest absolute Gasteiger partial charge is 0.498 e. The van der Waals surface area contributed by atoms with Crippen LogP contribution >= 0.6 is 0 Å². The van der Waals surface area contributed by atoms with Gasteiger partial charge in [-0.15, -0.1) is 0 Å². The summed E-state index contributed by atoms with van der Waals surface area (Å²) in [6, 6.07) is 15.6. The molecule has 118 valence electrons. The number of nitrogens with one attached hydrogen (secondary N) is 1. The third kappa shape index (κ3) is 5.04. The van der Waals surface area contributed by atoms with E-state index in [1.54, 1.807) is 0 Å². The van der Waals surface area contributed by atoms with Crippen molar-refractivity contribution < 1.29 is 14.3 Å². The summed E-state index contributed by atoms with van der Waals surface area (Å²) in [6.45, 7) is 7.60. The van der Waals surface area contributed by atoms with Crippen LogP contribution in [0.3, 0.4) is 0 Å². The number of hydrogen-bond acceptors (Lipinski definition) is 3. The first-order chi connectivity index (χ1) is 11.2. The van der Waals surface area contributed by atoms with Crippen molar-refractivity contribution in [3.8, 4) is 11.1 Å². The molecular formula is C19H19NO3. The number of carbonyl (C=O) groups excluding carboxylic acids is 1.